The van der Waals surface area contributed by atoms with E-state index in [0.717, 1.165) is 48.5 Å². The van der Waals surface area contributed by atoms with Gasteiger partial charge in [0.2, 0.25) is 11.8 Å². The largest absolute Gasteiger partial charge is 0.490 e. The Morgan fingerprint density at radius 2 is 1.56 bits per heavy atom. The Morgan fingerprint density at radius 3 is 2.25 bits per heavy atom. The highest BCUT2D eigenvalue weighted by molar-refractivity contribution is 6.32. The number of aromatic nitrogens is 1. The average Bonchev–Trinajstić information content (AvgIpc) is 3.14. The molecule has 2 heterocycles. The second-order valence-corrected chi connectivity index (χ2v) is 14.0. The highest BCUT2D eigenvalue weighted by Gasteiger charge is 2.20. The van der Waals surface area contributed by atoms with Gasteiger partial charge in [-0.1, -0.05) is 83.4 Å². The maximum atomic E-state index is 13.1. The van der Waals surface area contributed by atoms with Gasteiger partial charge in [0.25, 0.3) is 0 Å². The number of carbonyl (C=O) groups excluding carboxylic acids is 1. The van der Waals surface area contributed by atoms with Crippen molar-refractivity contribution in [1.29, 1.82) is 0 Å². The quantitative estimate of drug-likeness (QED) is 0.112. The fourth-order valence-electron chi connectivity index (χ4n) is 6.04. The monoisotopic (exact) mass is 735 g/mol. The van der Waals surface area contributed by atoms with Gasteiger partial charge in [0.05, 0.1) is 17.3 Å². The molecule has 5 aromatic rings. The molecule has 0 spiro atoms. The minimum Gasteiger partial charge on any atom is -0.490 e. The van der Waals surface area contributed by atoms with Crippen molar-refractivity contribution in [2.75, 3.05) is 26.2 Å². The Balaban J connectivity index is 0.942. The van der Waals surface area contributed by atoms with Gasteiger partial charge in [-0.2, -0.15) is 0 Å². The normalized spacial score (nSPS) is 14.0. The van der Waals surface area contributed by atoms with Gasteiger partial charge in [0.15, 0.2) is 5.75 Å². The number of halogens is 2. The number of nitrogens with zero attached hydrogens (tertiary/aromatic N) is 3. The van der Waals surface area contributed by atoms with Crippen LogP contribution < -0.4 is 14.2 Å². The van der Waals surface area contributed by atoms with Crippen molar-refractivity contribution in [2.45, 2.75) is 46.4 Å². The molecule has 0 radical (unpaired) electrons. The lowest BCUT2D eigenvalue weighted by atomic mass is 10.1. The highest BCUT2D eigenvalue weighted by Crippen LogP contribution is 2.34. The van der Waals surface area contributed by atoms with E-state index < -0.39 is 0 Å². The predicted molar refractivity (Wildman–Crippen MR) is 209 cm³/mol. The first-order valence-corrected chi connectivity index (χ1v) is 18.2. The molecule has 1 aliphatic heterocycles. The third-order valence-electron chi connectivity index (χ3n) is 8.93. The molecule has 9 heteroatoms. The van der Waals surface area contributed by atoms with Gasteiger partial charge in [-0.15, -0.1) is 0 Å². The van der Waals surface area contributed by atoms with E-state index in [-0.39, 0.29) is 12.0 Å². The van der Waals surface area contributed by atoms with Crippen LogP contribution in [0, 0.1) is 13.8 Å². The number of amides is 1. The van der Waals surface area contributed by atoms with E-state index in [1.807, 2.05) is 54.3 Å². The SMILES string of the molecule is Cc1ccc(OC(C)Cc2ccc(CN3CCN(C(=O)C=Cc4cc(C)c(Oc5ccc(OCc6ccccc6Cl)cn5)c(Cl)c4)CC3)cc2)cc1. The van der Waals surface area contributed by atoms with Crippen molar-refractivity contribution in [3.63, 3.8) is 0 Å². The van der Waals surface area contributed by atoms with Crippen LogP contribution in [0.1, 0.15) is 40.3 Å². The second-order valence-electron chi connectivity index (χ2n) is 13.2. The molecule has 1 amide bonds. The number of piperazine rings is 1. The molecular formula is C43H43Cl2N3O4. The Bertz CT molecular complexity index is 1950. The van der Waals surface area contributed by atoms with Gasteiger partial charge in [-0.3, -0.25) is 9.69 Å². The van der Waals surface area contributed by atoms with E-state index in [1.165, 1.54) is 16.7 Å². The summed E-state index contributed by atoms with van der Waals surface area (Å²) in [7, 11) is 0. The lowest BCUT2D eigenvalue weighted by Crippen LogP contribution is -2.47. The second kappa shape index (κ2) is 17.6. The van der Waals surface area contributed by atoms with Crippen molar-refractivity contribution in [3.05, 3.63) is 153 Å². The van der Waals surface area contributed by atoms with Crippen molar-refractivity contribution in [2.24, 2.45) is 0 Å². The number of aryl methyl sites for hydroxylation is 2. The maximum absolute atomic E-state index is 13.1. The molecule has 1 aliphatic rings. The molecule has 1 saturated heterocycles. The van der Waals surface area contributed by atoms with Crippen LogP contribution in [0.3, 0.4) is 0 Å². The summed E-state index contributed by atoms with van der Waals surface area (Å²) in [6.07, 6.45) is 5.95. The third kappa shape index (κ3) is 10.4. The number of hydrogen-bond donors (Lipinski definition) is 0. The van der Waals surface area contributed by atoms with E-state index >= 15 is 0 Å². The van der Waals surface area contributed by atoms with Gasteiger partial charge in [0, 0.05) is 61.9 Å². The maximum Gasteiger partial charge on any atom is 0.246 e. The van der Waals surface area contributed by atoms with E-state index in [1.54, 1.807) is 36.5 Å². The summed E-state index contributed by atoms with van der Waals surface area (Å²) < 4.78 is 17.9. The highest BCUT2D eigenvalue weighted by atomic mass is 35.5. The summed E-state index contributed by atoms with van der Waals surface area (Å²) in [5.41, 5.74) is 6.28. The number of hydrogen-bond acceptors (Lipinski definition) is 6. The number of pyridine rings is 1. The Morgan fingerprint density at radius 1 is 0.846 bits per heavy atom. The molecule has 1 unspecified atom stereocenters. The molecule has 0 bridgehead atoms. The molecule has 7 nitrogen and oxygen atoms in total. The van der Waals surface area contributed by atoms with Gasteiger partial charge >= 0.3 is 0 Å². The van der Waals surface area contributed by atoms with Crippen LogP contribution >= 0.6 is 23.2 Å². The van der Waals surface area contributed by atoms with Crippen molar-refractivity contribution >= 4 is 35.2 Å². The van der Waals surface area contributed by atoms with Crippen molar-refractivity contribution in [1.82, 2.24) is 14.8 Å². The Labute approximate surface area is 316 Å². The standard InChI is InChI=1S/C43H43Cl2N3O4/c1-30-8-15-37(16-9-30)51-32(3)25-33-10-12-34(13-11-33)28-47-20-22-48(23-21-47)42(49)19-14-35-24-31(2)43(40(45)26-35)52-41-18-17-38(27-46-41)50-29-36-6-4-5-7-39(36)44/h4-19,24,26-27,32H,20-23,25,28-29H2,1-3H3. The minimum atomic E-state index is -0.0128. The van der Waals surface area contributed by atoms with Crippen molar-refractivity contribution in [3.8, 4) is 23.1 Å². The predicted octanol–water partition coefficient (Wildman–Crippen LogP) is 9.74. The molecule has 1 fully saturated rings. The van der Waals surface area contributed by atoms with Crippen LogP contribution in [0.4, 0.5) is 0 Å². The zero-order valence-electron chi connectivity index (χ0n) is 29.7. The summed E-state index contributed by atoms with van der Waals surface area (Å²) >= 11 is 12.8. The topological polar surface area (TPSA) is 64.1 Å². The summed E-state index contributed by atoms with van der Waals surface area (Å²) in [6, 6.07) is 31.7. The van der Waals surface area contributed by atoms with E-state index in [0.29, 0.717) is 47.1 Å². The van der Waals surface area contributed by atoms with Crippen LogP contribution in [0.15, 0.2) is 109 Å². The molecule has 1 atom stereocenters. The first-order chi connectivity index (χ1) is 25.2. The molecule has 4 aromatic carbocycles. The third-order valence-corrected chi connectivity index (χ3v) is 9.58. The van der Waals surface area contributed by atoms with Crippen LogP contribution in [-0.4, -0.2) is 53.0 Å². The van der Waals surface area contributed by atoms with Crippen LogP contribution in [0.2, 0.25) is 10.0 Å². The number of benzene rings is 4. The first kappa shape index (κ1) is 37.0. The lowest BCUT2D eigenvalue weighted by Gasteiger charge is -2.34. The Kier molecular flexibility index (Phi) is 12.5. The molecular weight excluding hydrogens is 693 g/mol. The van der Waals surface area contributed by atoms with Crippen LogP contribution in [0.25, 0.3) is 6.08 Å². The lowest BCUT2D eigenvalue weighted by molar-refractivity contribution is -0.127. The number of ether oxygens (including phenoxy) is 3. The van der Waals surface area contributed by atoms with Crippen LogP contribution in [0.5, 0.6) is 23.1 Å². The zero-order valence-corrected chi connectivity index (χ0v) is 31.2. The van der Waals surface area contributed by atoms with E-state index in [4.69, 9.17) is 37.4 Å². The minimum absolute atomic E-state index is 0.0128. The number of rotatable bonds is 13. The fourth-order valence-corrected chi connectivity index (χ4v) is 6.54. The molecule has 0 saturated carbocycles. The summed E-state index contributed by atoms with van der Waals surface area (Å²) in [4.78, 5) is 21.7. The summed E-state index contributed by atoms with van der Waals surface area (Å²) in [5, 5.41) is 1.08. The zero-order chi connectivity index (χ0) is 36.5. The fraction of sp³-hybridized carbons (Fsp3) is 0.256. The van der Waals surface area contributed by atoms with E-state index in [9.17, 15) is 4.79 Å². The molecule has 0 N–H and O–H groups in total. The van der Waals surface area contributed by atoms with Crippen LogP contribution in [-0.2, 0) is 24.4 Å². The summed E-state index contributed by atoms with van der Waals surface area (Å²) in [6.45, 7) is 10.3. The molecule has 0 aliphatic carbocycles. The number of carbonyl (C=O) groups is 1. The average molecular weight is 737 g/mol. The molecule has 52 heavy (non-hydrogen) atoms. The van der Waals surface area contributed by atoms with Gasteiger partial charge in [-0.25, -0.2) is 4.98 Å². The Hall–Kier alpha value is -4.82. The molecule has 1 aromatic heterocycles. The summed E-state index contributed by atoms with van der Waals surface area (Å²) in [5.74, 6) is 2.38. The molecule has 6 rings (SSSR count). The van der Waals surface area contributed by atoms with E-state index in [2.05, 4.69) is 60.1 Å². The van der Waals surface area contributed by atoms with Gasteiger partial charge < -0.3 is 19.1 Å². The smallest absolute Gasteiger partial charge is 0.246 e. The molecule has 268 valence electrons. The van der Waals surface area contributed by atoms with Gasteiger partial charge in [-0.05, 0) is 85.5 Å². The first-order valence-electron chi connectivity index (χ1n) is 17.5. The van der Waals surface area contributed by atoms with Gasteiger partial charge in [0.1, 0.15) is 18.1 Å². The van der Waals surface area contributed by atoms with Crippen molar-refractivity contribution < 1.29 is 19.0 Å².